The van der Waals surface area contributed by atoms with Gasteiger partial charge in [-0.2, -0.15) is 0 Å². The molecule has 0 aromatic rings. The minimum atomic E-state index is -1.47. The average molecular weight is 354 g/mol. The second kappa shape index (κ2) is 8.11. The Bertz CT molecular complexity index is 617. The number of carboxylic acid groups (broad SMARTS) is 3. The highest BCUT2D eigenvalue weighted by Gasteiger charge is 2.43. The zero-order chi connectivity index (χ0) is 20.2. The van der Waals surface area contributed by atoms with Gasteiger partial charge in [-0.05, 0) is 34.6 Å². The number of carbonyl (C=O) groups is 3. The predicted molar refractivity (Wildman–Crippen MR) is 92.1 cm³/mol. The van der Waals surface area contributed by atoms with Crippen molar-refractivity contribution in [3.05, 3.63) is 34.9 Å². The third kappa shape index (κ3) is 5.86. The van der Waals surface area contributed by atoms with E-state index in [0.717, 1.165) is 0 Å². The van der Waals surface area contributed by atoms with E-state index in [1.165, 1.54) is 52.8 Å². The fourth-order valence-corrected chi connectivity index (χ4v) is 2.27. The summed E-state index contributed by atoms with van der Waals surface area (Å²) in [5.74, 6) is -4.44. The van der Waals surface area contributed by atoms with Crippen molar-refractivity contribution < 1.29 is 34.8 Å². The van der Waals surface area contributed by atoms with E-state index < -0.39 is 34.8 Å². The van der Waals surface area contributed by atoms with Gasteiger partial charge in [0.2, 0.25) is 0 Å². The Balaban J connectivity index is 6.67. The van der Waals surface area contributed by atoms with Gasteiger partial charge in [0.25, 0.3) is 0 Å². The second-order valence-corrected chi connectivity index (χ2v) is 6.81. The molecule has 0 aliphatic heterocycles. The van der Waals surface area contributed by atoms with E-state index in [2.05, 4.69) is 0 Å². The van der Waals surface area contributed by atoms with Gasteiger partial charge in [-0.25, -0.2) is 14.4 Å². The summed E-state index contributed by atoms with van der Waals surface area (Å²) >= 11 is 0. The van der Waals surface area contributed by atoms with Gasteiger partial charge < -0.3 is 20.4 Å². The normalized spacial score (nSPS) is 17.6. The molecule has 25 heavy (non-hydrogen) atoms. The van der Waals surface area contributed by atoms with Crippen LogP contribution in [0.1, 0.15) is 41.5 Å². The fourth-order valence-electron chi connectivity index (χ4n) is 2.27. The molecule has 0 radical (unpaired) electrons. The largest absolute Gasteiger partial charge is 0.478 e. The van der Waals surface area contributed by atoms with Crippen molar-refractivity contribution in [2.75, 3.05) is 0 Å². The minimum Gasteiger partial charge on any atom is -0.478 e. The first kappa shape index (κ1) is 22.6. The molecular weight excluding hydrogens is 328 g/mol. The molecule has 0 saturated carbocycles. The molecule has 7 nitrogen and oxygen atoms in total. The first-order valence-corrected chi connectivity index (χ1v) is 7.62. The summed E-state index contributed by atoms with van der Waals surface area (Å²) in [6.45, 7) is 8.51. The monoisotopic (exact) mass is 354 g/mol. The van der Waals surface area contributed by atoms with Crippen molar-refractivity contribution in [3.63, 3.8) is 0 Å². The van der Waals surface area contributed by atoms with E-state index in [0.29, 0.717) is 0 Å². The summed E-state index contributed by atoms with van der Waals surface area (Å²) in [7, 11) is 0. The van der Waals surface area contributed by atoms with Crippen LogP contribution in [0, 0.1) is 11.3 Å². The molecule has 7 heteroatoms. The molecule has 0 bridgehead atoms. The third-order valence-corrected chi connectivity index (χ3v) is 4.40. The topological polar surface area (TPSA) is 132 Å². The summed E-state index contributed by atoms with van der Waals surface area (Å²) in [5, 5.41) is 38.1. The Morgan fingerprint density at radius 1 is 0.760 bits per heavy atom. The molecular formula is C18H26O7. The Labute approximate surface area is 147 Å². The molecule has 0 saturated heterocycles. The summed E-state index contributed by atoms with van der Waals surface area (Å²) in [5.41, 5.74) is -2.88. The lowest BCUT2D eigenvalue weighted by atomic mass is 9.64. The van der Waals surface area contributed by atoms with Gasteiger partial charge >= 0.3 is 17.9 Å². The molecule has 0 aromatic heterocycles. The van der Waals surface area contributed by atoms with Gasteiger partial charge in [0.15, 0.2) is 0 Å². The van der Waals surface area contributed by atoms with E-state index in [1.54, 1.807) is 6.92 Å². The van der Waals surface area contributed by atoms with Crippen LogP contribution < -0.4 is 0 Å². The van der Waals surface area contributed by atoms with Crippen LogP contribution >= 0.6 is 0 Å². The van der Waals surface area contributed by atoms with E-state index in [-0.39, 0.29) is 16.7 Å². The minimum absolute atomic E-state index is 0.0441. The van der Waals surface area contributed by atoms with Crippen molar-refractivity contribution in [2.45, 2.75) is 47.1 Å². The zero-order valence-electron chi connectivity index (χ0n) is 15.3. The van der Waals surface area contributed by atoms with Crippen LogP contribution in [-0.4, -0.2) is 43.9 Å². The first-order valence-electron chi connectivity index (χ1n) is 7.62. The van der Waals surface area contributed by atoms with Crippen molar-refractivity contribution in [1.82, 2.24) is 0 Å². The Kier molecular flexibility index (Phi) is 7.33. The van der Waals surface area contributed by atoms with Gasteiger partial charge in [0.05, 0.1) is 5.60 Å². The number of aliphatic hydroxyl groups is 1. The van der Waals surface area contributed by atoms with Crippen molar-refractivity contribution in [1.29, 1.82) is 0 Å². The molecule has 0 heterocycles. The maximum atomic E-state index is 11.2. The molecule has 4 N–H and O–H groups in total. The van der Waals surface area contributed by atoms with Gasteiger partial charge in [-0.3, -0.25) is 0 Å². The van der Waals surface area contributed by atoms with Gasteiger partial charge in [-0.1, -0.05) is 25.2 Å². The van der Waals surface area contributed by atoms with E-state index >= 15 is 0 Å². The average Bonchev–Trinajstić information content (AvgIpc) is 2.44. The van der Waals surface area contributed by atoms with Crippen LogP contribution in [0.25, 0.3) is 0 Å². The molecule has 0 aromatic carbocycles. The maximum absolute atomic E-state index is 11.2. The van der Waals surface area contributed by atoms with Gasteiger partial charge in [-0.15, -0.1) is 0 Å². The highest BCUT2D eigenvalue weighted by molar-refractivity contribution is 5.87. The third-order valence-electron chi connectivity index (χ3n) is 4.40. The van der Waals surface area contributed by atoms with Crippen LogP contribution in [-0.2, 0) is 14.4 Å². The van der Waals surface area contributed by atoms with Crippen LogP contribution in [0.3, 0.4) is 0 Å². The summed E-state index contributed by atoms with van der Waals surface area (Å²) in [4.78, 5) is 33.6. The van der Waals surface area contributed by atoms with Gasteiger partial charge in [0.1, 0.15) is 0 Å². The van der Waals surface area contributed by atoms with Crippen LogP contribution in [0.15, 0.2) is 34.9 Å². The first-order chi connectivity index (χ1) is 11.1. The molecule has 1 atom stereocenters. The van der Waals surface area contributed by atoms with E-state index in [1.807, 2.05) is 0 Å². The highest BCUT2D eigenvalue weighted by atomic mass is 16.4. The SMILES string of the molecule is CC(=CC(C=C(C)C(=O)O)C(C)(C=C(C)C(=O)O)C(C)(C)O)C(=O)O. The molecule has 0 spiro atoms. The number of rotatable bonds is 8. The number of carboxylic acids is 3. The lowest BCUT2D eigenvalue weighted by molar-refractivity contribution is -0.133. The number of hydrogen-bond acceptors (Lipinski definition) is 4. The smallest absolute Gasteiger partial charge is 0.330 e. The summed E-state index contributed by atoms with van der Waals surface area (Å²) < 4.78 is 0. The second-order valence-electron chi connectivity index (χ2n) is 6.81. The number of aliphatic carboxylic acids is 3. The molecule has 1 unspecified atom stereocenters. The highest BCUT2D eigenvalue weighted by Crippen LogP contribution is 2.43. The summed E-state index contributed by atoms with van der Waals surface area (Å²) in [6, 6.07) is 0. The fraction of sp³-hybridized carbons (Fsp3) is 0.500. The summed E-state index contributed by atoms with van der Waals surface area (Å²) in [6.07, 6.45) is 3.97. The van der Waals surface area contributed by atoms with Crippen molar-refractivity contribution >= 4 is 17.9 Å². The van der Waals surface area contributed by atoms with Crippen LogP contribution in [0.4, 0.5) is 0 Å². The standard InChI is InChI=1S/C18H26O7/c1-10(14(19)20)7-13(8-11(2)15(21)22)18(6,17(4,5)25)9-12(3)16(23)24/h7-9,13,25H,1-6H3,(H,19,20)(H,21,22)(H,23,24). The molecule has 0 rings (SSSR count). The van der Waals surface area contributed by atoms with Gasteiger partial charge in [0, 0.05) is 28.1 Å². The quantitative estimate of drug-likeness (QED) is 0.492. The van der Waals surface area contributed by atoms with Crippen LogP contribution in [0.2, 0.25) is 0 Å². The predicted octanol–water partition coefficient (Wildman–Crippen LogP) is 2.47. The molecule has 140 valence electrons. The van der Waals surface area contributed by atoms with Crippen molar-refractivity contribution in [3.8, 4) is 0 Å². The Hall–Kier alpha value is -2.41. The van der Waals surface area contributed by atoms with E-state index in [4.69, 9.17) is 15.3 Å². The lowest BCUT2D eigenvalue weighted by Crippen LogP contribution is -2.45. The zero-order valence-corrected chi connectivity index (χ0v) is 15.3. The van der Waals surface area contributed by atoms with E-state index in [9.17, 15) is 19.5 Å². The number of allylic oxidation sites excluding steroid dienone is 2. The molecule has 0 aliphatic carbocycles. The lowest BCUT2D eigenvalue weighted by Gasteiger charge is -2.43. The Morgan fingerprint density at radius 2 is 1.08 bits per heavy atom. The molecule has 0 fully saturated rings. The number of hydrogen-bond donors (Lipinski definition) is 4. The molecule has 0 aliphatic rings. The maximum Gasteiger partial charge on any atom is 0.330 e. The van der Waals surface area contributed by atoms with Crippen LogP contribution in [0.5, 0.6) is 0 Å². The molecule has 0 amide bonds. The van der Waals surface area contributed by atoms with Crippen molar-refractivity contribution in [2.24, 2.45) is 11.3 Å². The Morgan fingerprint density at radius 3 is 1.32 bits per heavy atom.